The van der Waals surface area contributed by atoms with Crippen LogP contribution in [0.3, 0.4) is 0 Å². The second kappa shape index (κ2) is 9.73. The smallest absolute Gasteiger partial charge is 0.407 e. The van der Waals surface area contributed by atoms with Gasteiger partial charge in [-0.05, 0) is 29.7 Å². The molecule has 0 saturated heterocycles. The zero-order valence-corrected chi connectivity index (χ0v) is 14.0. The van der Waals surface area contributed by atoms with Gasteiger partial charge in [0.05, 0.1) is 10.5 Å². The number of nitrogens with one attached hydrogen (secondary N) is 1. The van der Waals surface area contributed by atoms with Gasteiger partial charge in [-0.2, -0.15) is 0 Å². The van der Waals surface area contributed by atoms with Crippen molar-refractivity contribution < 1.29 is 19.2 Å². The molecule has 2 aromatic rings. The predicted molar refractivity (Wildman–Crippen MR) is 96.8 cm³/mol. The number of aldehydes is 1. The minimum Gasteiger partial charge on any atom is -0.445 e. The van der Waals surface area contributed by atoms with Gasteiger partial charge in [0.2, 0.25) is 0 Å². The van der Waals surface area contributed by atoms with Crippen molar-refractivity contribution in [2.45, 2.75) is 13.0 Å². The number of alkyl carbamates (subject to hydrolysis) is 1. The molecule has 134 valence electrons. The fourth-order valence-electron chi connectivity index (χ4n) is 2.19. The summed E-state index contributed by atoms with van der Waals surface area (Å²) in [7, 11) is 0. The lowest BCUT2D eigenvalue weighted by Gasteiger charge is -2.05. The molecule has 0 heterocycles. The number of carbonyl (C=O) groups is 2. The van der Waals surface area contributed by atoms with E-state index in [9.17, 15) is 19.7 Å². The fraction of sp³-hybridized carbons (Fsp3) is 0.158. The number of nitro groups is 1. The van der Waals surface area contributed by atoms with E-state index in [0.29, 0.717) is 24.8 Å². The molecule has 2 aromatic carbocycles. The monoisotopic (exact) mass is 354 g/mol. The van der Waals surface area contributed by atoms with Crippen LogP contribution in [0.4, 0.5) is 10.5 Å². The summed E-state index contributed by atoms with van der Waals surface area (Å²) in [6.45, 7) is 0.595. The van der Waals surface area contributed by atoms with E-state index in [4.69, 9.17) is 4.74 Å². The highest BCUT2D eigenvalue weighted by atomic mass is 16.6. The number of nitro benzene ring substituents is 1. The van der Waals surface area contributed by atoms with Crippen LogP contribution in [0.2, 0.25) is 0 Å². The van der Waals surface area contributed by atoms with Crippen LogP contribution < -0.4 is 5.32 Å². The van der Waals surface area contributed by atoms with Crippen molar-refractivity contribution >= 4 is 24.1 Å². The Morgan fingerprint density at radius 2 is 1.96 bits per heavy atom. The van der Waals surface area contributed by atoms with Gasteiger partial charge in [0.25, 0.3) is 5.69 Å². The molecule has 2 rings (SSSR count). The molecule has 0 atom stereocenters. The molecule has 0 saturated carbocycles. The molecule has 0 unspecified atom stereocenters. The van der Waals surface area contributed by atoms with Crippen molar-refractivity contribution in [3.63, 3.8) is 0 Å². The lowest BCUT2D eigenvalue weighted by atomic mass is 10.1. The largest absolute Gasteiger partial charge is 0.445 e. The third-order valence-electron chi connectivity index (χ3n) is 3.48. The van der Waals surface area contributed by atoms with Gasteiger partial charge in [-0.15, -0.1) is 0 Å². The van der Waals surface area contributed by atoms with Crippen LogP contribution in [0.5, 0.6) is 0 Å². The molecule has 0 aliphatic heterocycles. The first-order valence-corrected chi connectivity index (χ1v) is 7.95. The zero-order chi connectivity index (χ0) is 18.8. The van der Waals surface area contributed by atoms with Crippen molar-refractivity contribution in [1.29, 1.82) is 0 Å². The molecule has 0 bridgehead atoms. The zero-order valence-electron chi connectivity index (χ0n) is 14.0. The first-order chi connectivity index (χ1) is 12.6. The van der Waals surface area contributed by atoms with Crippen molar-refractivity contribution in [2.24, 2.45) is 0 Å². The Morgan fingerprint density at radius 1 is 1.19 bits per heavy atom. The number of nitrogens with zero attached hydrogens (tertiary/aromatic N) is 1. The summed E-state index contributed by atoms with van der Waals surface area (Å²) in [5.74, 6) is 0. The maximum Gasteiger partial charge on any atom is 0.407 e. The maximum atomic E-state index is 11.6. The Kier molecular flexibility index (Phi) is 7.05. The number of hydrogen-bond acceptors (Lipinski definition) is 5. The van der Waals surface area contributed by atoms with E-state index < -0.39 is 11.0 Å². The van der Waals surface area contributed by atoms with Gasteiger partial charge in [0, 0.05) is 12.6 Å². The Bertz CT molecular complexity index is 803. The van der Waals surface area contributed by atoms with Crippen LogP contribution in [0, 0.1) is 10.1 Å². The number of rotatable bonds is 8. The molecular formula is C19H18N2O5. The lowest BCUT2D eigenvalue weighted by Crippen LogP contribution is -2.24. The normalized spacial score (nSPS) is 10.5. The van der Waals surface area contributed by atoms with Crippen molar-refractivity contribution in [3.8, 4) is 0 Å². The summed E-state index contributed by atoms with van der Waals surface area (Å²) in [6.07, 6.45) is 4.04. The van der Waals surface area contributed by atoms with E-state index in [1.54, 1.807) is 18.2 Å². The summed E-state index contributed by atoms with van der Waals surface area (Å²) in [6, 6.07) is 13.7. The molecule has 1 amide bonds. The lowest BCUT2D eigenvalue weighted by molar-refractivity contribution is -0.385. The SMILES string of the molecule is O=Cc1cc(C=CCCNC(=O)OCc2ccccc2)ccc1[N+](=O)[O-]. The van der Waals surface area contributed by atoms with Crippen LogP contribution in [0.1, 0.15) is 27.9 Å². The topological polar surface area (TPSA) is 98.5 Å². The quantitative estimate of drug-likeness (QED) is 0.337. The first kappa shape index (κ1) is 18.9. The van der Waals surface area contributed by atoms with Gasteiger partial charge in [0.1, 0.15) is 6.61 Å². The molecule has 0 aliphatic carbocycles. The van der Waals surface area contributed by atoms with Gasteiger partial charge in [0.15, 0.2) is 6.29 Å². The van der Waals surface area contributed by atoms with Gasteiger partial charge >= 0.3 is 6.09 Å². The van der Waals surface area contributed by atoms with Crippen LogP contribution in [0.25, 0.3) is 6.08 Å². The molecule has 0 fully saturated rings. The van der Waals surface area contributed by atoms with Gasteiger partial charge < -0.3 is 10.1 Å². The third-order valence-corrected chi connectivity index (χ3v) is 3.48. The number of amides is 1. The number of ether oxygens (including phenoxy) is 1. The molecule has 26 heavy (non-hydrogen) atoms. The molecule has 7 nitrogen and oxygen atoms in total. The highest BCUT2D eigenvalue weighted by Gasteiger charge is 2.12. The number of carbonyl (C=O) groups excluding carboxylic acids is 2. The Morgan fingerprint density at radius 3 is 2.65 bits per heavy atom. The van der Waals surface area contributed by atoms with Crippen LogP contribution in [-0.2, 0) is 11.3 Å². The van der Waals surface area contributed by atoms with Gasteiger partial charge in [-0.3, -0.25) is 14.9 Å². The standard InChI is InChI=1S/C19H18N2O5/c22-13-17-12-15(9-10-18(17)21(24)25)6-4-5-11-20-19(23)26-14-16-7-2-1-3-8-16/h1-4,6-10,12-13H,5,11,14H2,(H,20,23). The molecule has 1 N–H and O–H groups in total. The Labute approximate surface area is 150 Å². The van der Waals surface area contributed by atoms with E-state index in [0.717, 1.165) is 5.56 Å². The highest BCUT2D eigenvalue weighted by Crippen LogP contribution is 2.19. The molecule has 0 radical (unpaired) electrons. The van der Waals surface area contributed by atoms with E-state index in [2.05, 4.69) is 5.32 Å². The van der Waals surface area contributed by atoms with Gasteiger partial charge in [-0.1, -0.05) is 42.5 Å². The molecule has 0 aliphatic rings. The number of benzene rings is 2. The van der Waals surface area contributed by atoms with E-state index in [-0.39, 0.29) is 17.9 Å². The van der Waals surface area contributed by atoms with Crippen LogP contribution in [-0.4, -0.2) is 23.8 Å². The van der Waals surface area contributed by atoms with Crippen molar-refractivity contribution in [3.05, 3.63) is 81.4 Å². The highest BCUT2D eigenvalue weighted by molar-refractivity contribution is 5.82. The summed E-state index contributed by atoms with van der Waals surface area (Å²) < 4.78 is 5.08. The second-order valence-electron chi connectivity index (χ2n) is 5.37. The summed E-state index contributed by atoms with van der Waals surface area (Å²) in [4.78, 5) is 32.7. The minimum atomic E-state index is -0.595. The maximum absolute atomic E-state index is 11.6. The second-order valence-corrected chi connectivity index (χ2v) is 5.37. The molecule has 0 aromatic heterocycles. The predicted octanol–water partition coefficient (Wildman–Crippen LogP) is 3.74. The average molecular weight is 354 g/mol. The van der Waals surface area contributed by atoms with Crippen molar-refractivity contribution in [2.75, 3.05) is 6.54 Å². The van der Waals surface area contributed by atoms with E-state index >= 15 is 0 Å². The Balaban J connectivity index is 1.74. The third kappa shape index (κ3) is 5.86. The molecule has 0 spiro atoms. The summed E-state index contributed by atoms with van der Waals surface area (Å²) >= 11 is 0. The van der Waals surface area contributed by atoms with Crippen LogP contribution >= 0.6 is 0 Å². The van der Waals surface area contributed by atoms with E-state index in [1.165, 1.54) is 12.1 Å². The van der Waals surface area contributed by atoms with Crippen LogP contribution in [0.15, 0.2) is 54.6 Å². The first-order valence-electron chi connectivity index (χ1n) is 7.95. The molecule has 7 heteroatoms. The summed E-state index contributed by atoms with van der Waals surface area (Å²) in [5, 5.41) is 13.4. The van der Waals surface area contributed by atoms with Crippen molar-refractivity contribution in [1.82, 2.24) is 5.32 Å². The van der Waals surface area contributed by atoms with E-state index in [1.807, 2.05) is 30.3 Å². The Hall–Kier alpha value is -3.48. The number of hydrogen-bond donors (Lipinski definition) is 1. The van der Waals surface area contributed by atoms with Gasteiger partial charge in [-0.25, -0.2) is 4.79 Å². The average Bonchev–Trinajstić information content (AvgIpc) is 2.66. The molecular weight excluding hydrogens is 336 g/mol. The fourth-order valence-corrected chi connectivity index (χ4v) is 2.19. The minimum absolute atomic E-state index is 0.0276. The summed E-state index contributed by atoms with van der Waals surface area (Å²) in [5.41, 5.74) is 1.38.